The molecule has 0 saturated heterocycles. The number of benzene rings is 1. The normalized spacial score (nSPS) is 12.3. The van der Waals surface area contributed by atoms with E-state index in [1.165, 1.54) is 13.0 Å². The molecule has 0 fully saturated rings. The lowest BCUT2D eigenvalue weighted by molar-refractivity contribution is -0.114. The second-order valence-corrected chi connectivity index (χ2v) is 4.07. The lowest BCUT2D eigenvalue weighted by Crippen LogP contribution is -2.10. The first-order chi connectivity index (χ1) is 6.93. The topological polar surface area (TPSA) is 69.6 Å². The number of aliphatic hydroxyl groups is 1. The summed E-state index contributed by atoms with van der Waals surface area (Å²) in [5.41, 5.74) is 0.706. The van der Waals surface area contributed by atoms with Crippen molar-refractivity contribution in [3.63, 3.8) is 0 Å². The Kier molecular flexibility index (Phi) is 3.71. The van der Waals surface area contributed by atoms with Gasteiger partial charge in [0.15, 0.2) is 0 Å². The van der Waals surface area contributed by atoms with Crippen LogP contribution in [0.25, 0.3) is 0 Å². The molecule has 0 aliphatic rings. The van der Waals surface area contributed by atoms with Crippen molar-refractivity contribution in [2.24, 2.45) is 0 Å². The molecule has 1 rings (SSSR count). The van der Waals surface area contributed by atoms with Crippen LogP contribution < -0.4 is 5.32 Å². The molecule has 0 saturated carbocycles. The monoisotopic (exact) mass is 273 g/mol. The highest BCUT2D eigenvalue weighted by Crippen LogP contribution is 2.37. The SMILES string of the molecule is CC(=O)Nc1c(O)ccc(Br)c1C(C)O. The van der Waals surface area contributed by atoms with E-state index in [4.69, 9.17) is 0 Å². The minimum atomic E-state index is -0.784. The number of anilines is 1. The summed E-state index contributed by atoms with van der Waals surface area (Å²) in [7, 11) is 0. The zero-order chi connectivity index (χ0) is 11.6. The number of aliphatic hydroxyl groups excluding tert-OH is 1. The van der Waals surface area contributed by atoms with Gasteiger partial charge in [0.2, 0.25) is 5.91 Å². The van der Waals surface area contributed by atoms with Crippen LogP contribution >= 0.6 is 15.9 Å². The van der Waals surface area contributed by atoms with Crippen molar-refractivity contribution in [1.29, 1.82) is 0 Å². The molecule has 0 radical (unpaired) electrons. The third kappa shape index (κ3) is 2.70. The van der Waals surface area contributed by atoms with Crippen molar-refractivity contribution >= 4 is 27.5 Å². The minimum Gasteiger partial charge on any atom is -0.506 e. The molecular weight excluding hydrogens is 262 g/mol. The quantitative estimate of drug-likeness (QED) is 0.724. The van der Waals surface area contributed by atoms with Gasteiger partial charge in [0.25, 0.3) is 0 Å². The largest absolute Gasteiger partial charge is 0.506 e. The van der Waals surface area contributed by atoms with Crippen LogP contribution in [0.5, 0.6) is 5.75 Å². The molecule has 1 unspecified atom stereocenters. The highest BCUT2D eigenvalue weighted by molar-refractivity contribution is 9.10. The average Bonchev–Trinajstić information content (AvgIpc) is 2.10. The van der Waals surface area contributed by atoms with Gasteiger partial charge in [0.1, 0.15) is 5.75 Å². The molecule has 15 heavy (non-hydrogen) atoms. The van der Waals surface area contributed by atoms with E-state index in [1.54, 1.807) is 13.0 Å². The van der Waals surface area contributed by atoms with E-state index < -0.39 is 6.10 Å². The number of nitrogens with one attached hydrogen (secondary N) is 1. The Morgan fingerprint density at radius 2 is 2.13 bits per heavy atom. The number of hydrogen-bond donors (Lipinski definition) is 3. The molecule has 0 heterocycles. The second kappa shape index (κ2) is 4.63. The molecule has 1 aromatic carbocycles. The summed E-state index contributed by atoms with van der Waals surface area (Å²) in [5.74, 6) is -0.366. The molecule has 1 atom stereocenters. The van der Waals surface area contributed by atoms with E-state index in [2.05, 4.69) is 21.2 Å². The molecule has 1 aromatic rings. The van der Waals surface area contributed by atoms with Gasteiger partial charge in [-0.3, -0.25) is 4.79 Å². The molecule has 0 bridgehead atoms. The maximum atomic E-state index is 10.9. The smallest absolute Gasteiger partial charge is 0.221 e. The second-order valence-electron chi connectivity index (χ2n) is 3.21. The molecule has 3 N–H and O–H groups in total. The number of rotatable bonds is 2. The lowest BCUT2D eigenvalue weighted by atomic mass is 10.1. The first kappa shape index (κ1) is 12.0. The van der Waals surface area contributed by atoms with E-state index in [0.29, 0.717) is 10.0 Å². The molecule has 0 aromatic heterocycles. The van der Waals surface area contributed by atoms with Crippen LogP contribution in [-0.4, -0.2) is 16.1 Å². The highest BCUT2D eigenvalue weighted by Gasteiger charge is 2.16. The summed E-state index contributed by atoms with van der Waals surface area (Å²) in [4.78, 5) is 10.9. The van der Waals surface area contributed by atoms with Gasteiger partial charge in [-0.25, -0.2) is 0 Å². The number of amides is 1. The molecule has 82 valence electrons. The van der Waals surface area contributed by atoms with Gasteiger partial charge in [-0.2, -0.15) is 0 Å². The predicted molar refractivity (Wildman–Crippen MR) is 60.7 cm³/mol. The zero-order valence-electron chi connectivity index (χ0n) is 8.41. The Morgan fingerprint density at radius 1 is 1.53 bits per heavy atom. The summed E-state index contributed by atoms with van der Waals surface area (Å²) >= 11 is 3.25. The van der Waals surface area contributed by atoms with Crippen LogP contribution in [0.15, 0.2) is 16.6 Å². The van der Waals surface area contributed by atoms with E-state index in [9.17, 15) is 15.0 Å². The molecule has 5 heteroatoms. The first-order valence-electron chi connectivity index (χ1n) is 4.40. The van der Waals surface area contributed by atoms with Gasteiger partial charge in [-0.1, -0.05) is 15.9 Å². The number of halogens is 1. The number of aromatic hydroxyl groups is 1. The fourth-order valence-corrected chi connectivity index (χ4v) is 1.96. The van der Waals surface area contributed by atoms with Crippen molar-refractivity contribution in [3.05, 3.63) is 22.2 Å². The number of hydrogen-bond acceptors (Lipinski definition) is 3. The maximum Gasteiger partial charge on any atom is 0.221 e. The molecule has 1 amide bonds. The minimum absolute atomic E-state index is 0.0655. The average molecular weight is 274 g/mol. The Bertz CT molecular complexity index is 390. The Hall–Kier alpha value is -1.07. The summed E-state index contributed by atoms with van der Waals surface area (Å²) in [5, 5.41) is 21.6. The van der Waals surface area contributed by atoms with Gasteiger partial charge >= 0.3 is 0 Å². The Balaban J connectivity index is 3.31. The number of carbonyl (C=O) groups excluding carboxylic acids is 1. The summed E-state index contributed by atoms with van der Waals surface area (Å²) in [6.45, 7) is 2.90. The van der Waals surface area contributed by atoms with E-state index in [0.717, 1.165) is 0 Å². The molecule has 4 nitrogen and oxygen atoms in total. The van der Waals surface area contributed by atoms with Gasteiger partial charge in [-0.15, -0.1) is 0 Å². The highest BCUT2D eigenvalue weighted by atomic mass is 79.9. The van der Waals surface area contributed by atoms with Gasteiger partial charge in [0.05, 0.1) is 11.8 Å². The van der Waals surface area contributed by atoms with Crippen LogP contribution in [-0.2, 0) is 4.79 Å². The maximum absolute atomic E-state index is 10.9. The standard InChI is InChI=1S/C10H12BrNO3/c1-5(13)9-7(11)3-4-8(15)10(9)12-6(2)14/h3-5,13,15H,1-2H3,(H,12,14). The number of phenols is 1. The fraction of sp³-hybridized carbons (Fsp3) is 0.300. The van der Waals surface area contributed by atoms with Gasteiger partial charge < -0.3 is 15.5 Å². The number of phenolic OH excluding ortho intramolecular Hbond substituents is 1. The lowest BCUT2D eigenvalue weighted by Gasteiger charge is -2.15. The van der Waals surface area contributed by atoms with Crippen LogP contribution in [0, 0.1) is 0 Å². The first-order valence-corrected chi connectivity index (χ1v) is 5.19. The Labute approximate surface area is 96.1 Å². The van der Waals surface area contributed by atoms with Crippen molar-refractivity contribution in [3.8, 4) is 5.75 Å². The molecule has 0 aliphatic carbocycles. The molecule has 0 spiro atoms. The van der Waals surface area contributed by atoms with Crippen molar-refractivity contribution in [1.82, 2.24) is 0 Å². The van der Waals surface area contributed by atoms with Crippen molar-refractivity contribution in [2.45, 2.75) is 20.0 Å². The van der Waals surface area contributed by atoms with Crippen molar-refractivity contribution < 1.29 is 15.0 Å². The molecular formula is C10H12BrNO3. The van der Waals surface area contributed by atoms with Crippen molar-refractivity contribution in [2.75, 3.05) is 5.32 Å². The van der Waals surface area contributed by atoms with Gasteiger partial charge in [0, 0.05) is 17.0 Å². The van der Waals surface area contributed by atoms with Crippen LogP contribution in [0.3, 0.4) is 0 Å². The van der Waals surface area contributed by atoms with E-state index in [1.807, 2.05) is 0 Å². The summed E-state index contributed by atoms with van der Waals surface area (Å²) in [6.07, 6.45) is -0.784. The number of carbonyl (C=O) groups is 1. The Morgan fingerprint density at radius 3 is 2.60 bits per heavy atom. The predicted octanol–water partition coefficient (Wildman–Crippen LogP) is 2.17. The van der Waals surface area contributed by atoms with Crippen LogP contribution in [0.1, 0.15) is 25.5 Å². The zero-order valence-corrected chi connectivity index (χ0v) is 10.00. The summed E-state index contributed by atoms with van der Waals surface area (Å²) in [6, 6.07) is 3.06. The third-order valence-electron chi connectivity index (χ3n) is 1.89. The fourth-order valence-electron chi connectivity index (χ4n) is 1.30. The van der Waals surface area contributed by atoms with E-state index in [-0.39, 0.29) is 17.3 Å². The van der Waals surface area contributed by atoms with Crippen LogP contribution in [0.4, 0.5) is 5.69 Å². The van der Waals surface area contributed by atoms with E-state index >= 15 is 0 Å². The third-order valence-corrected chi connectivity index (χ3v) is 2.58. The van der Waals surface area contributed by atoms with Gasteiger partial charge in [-0.05, 0) is 19.1 Å². The molecule has 0 aliphatic heterocycles. The summed E-state index contributed by atoms with van der Waals surface area (Å²) < 4.78 is 0.638. The van der Waals surface area contributed by atoms with Crippen LogP contribution in [0.2, 0.25) is 0 Å².